The number of anilines is 1. The maximum atomic E-state index is 12.8. The van der Waals surface area contributed by atoms with Crippen LogP contribution < -0.4 is 14.8 Å². The number of carbonyl (C=O) groups excluding carboxylic acids is 1. The molecule has 5 rings (SSSR count). The van der Waals surface area contributed by atoms with Gasteiger partial charge in [-0.2, -0.15) is 0 Å². The zero-order valence-corrected chi connectivity index (χ0v) is 20.0. The molecule has 0 saturated carbocycles. The second kappa shape index (κ2) is 10.4. The van der Waals surface area contributed by atoms with Crippen molar-refractivity contribution in [1.29, 1.82) is 0 Å². The first-order valence-corrected chi connectivity index (χ1v) is 11.6. The largest absolute Gasteiger partial charge is 0.486 e. The van der Waals surface area contributed by atoms with Gasteiger partial charge in [-0.05, 0) is 59.3 Å². The number of halogens is 1. The van der Waals surface area contributed by atoms with Crippen molar-refractivity contribution in [3.8, 4) is 17.2 Å². The molecule has 8 nitrogen and oxygen atoms in total. The molecule has 4 aromatic carbocycles. The first-order chi connectivity index (χ1) is 17.9. The zero-order chi connectivity index (χ0) is 25.8. The lowest BCUT2D eigenvalue weighted by atomic mass is 10.1. The van der Waals surface area contributed by atoms with Gasteiger partial charge in [0.2, 0.25) is 0 Å². The normalized spacial score (nSPS) is 10.7. The summed E-state index contributed by atoms with van der Waals surface area (Å²) in [4.78, 5) is 23.6. The molecule has 0 radical (unpaired) electrons. The quantitative estimate of drug-likeness (QED) is 0.169. The number of ether oxygens (including phenoxy) is 2. The summed E-state index contributed by atoms with van der Waals surface area (Å²) in [6.07, 6.45) is 0. The molecule has 0 unspecified atom stereocenters. The van der Waals surface area contributed by atoms with E-state index in [1.807, 2.05) is 42.5 Å². The van der Waals surface area contributed by atoms with Crippen LogP contribution in [-0.2, 0) is 6.61 Å². The summed E-state index contributed by atoms with van der Waals surface area (Å²) in [6.45, 7) is 0.126. The van der Waals surface area contributed by atoms with Gasteiger partial charge in [-0.15, -0.1) is 0 Å². The van der Waals surface area contributed by atoms with Crippen LogP contribution in [0.5, 0.6) is 17.2 Å². The Morgan fingerprint density at radius 3 is 2.41 bits per heavy atom. The molecule has 1 aromatic heterocycles. The Morgan fingerprint density at radius 1 is 0.865 bits per heavy atom. The van der Waals surface area contributed by atoms with E-state index in [2.05, 4.69) is 5.32 Å². The zero-order valence-electron chi connectivity index (χ0n) is 19.2. The summed E-state index contributed by atoms with van der Waals surface area (Å²) in [5, 5.41) is 16.7. The van der Waals surface area contributed by atoms with Crippen LogP contribution in [-0.4, -0.2) is 10.8 Å². The van der Waals surface area contributed by atoms with Crippen LogP contribution in [0.1, 0.15) is 16.3 Å². The molecule has 5 aromatic rings. The fourth-order valence-electron chi connectivity index (χ4n) is 3.64. The third kappa shape index (κ3) is 5.88. The van der Waals surface area contributed by atoms with Crippen molar-refractivity contribution in [2.75, 3.05) is 5.32 Å². The third-order valence-corrected chi connectivity index (χ3v) is 5.65. The minimum absolute atomic E-state index is 0.0313. The smallest absolute Gasteiger partial charge is 0.291 e. The van der Waals surface area contributed by atoms with Crippen molar-refractivity contribution < 1.29 is 23.6 Å². The lowest BCUT2D eigenvalue weighted by Crippen LogP contribution is -2.11. The van der Waals surface area contributed by atoms with E-state index in [-0.39, 0.29) is 29.5 Å². The van der Waals surface area contributed by atoms with Gasteiger partial charge in [0.05, 0.1) is 16.7 Å². The fraction of sp³-hybridized carbons (Fsp3) is 0.0357. The van der Waals surface area contributed by atoms with Crippen LogP contribution in [0.25, 0.3) is 10.8 Å². The summed E-state index contributed by atoms with van der Waals surface area (Å²) < 4.78 is 17.1. The molecule has 1 N–H and O–H groups in total. The van der Waals surface area contributed by atoms with Gasteiger partial charge < -0.3 is 19.2 Å². The van der Waals surface area contributed by atoms with E-state index >= 15 is 0 Å². The van der Waals surface area contributed by atoms with Gasteiger partial charge >= 0.3 is 0 Å². The summed E-state index contributed by atoms with van der Waals surface area (Å²) in [5.41, 5.74) is -0.0702. The summed E-state index contributed by atoms with van der Waals surface area (Å²) >= 11 is 5.89. The van der Waals surface area contributed by atoms with E-state index in [9.17, 15) is 14.9 Å². The molecule has 9 heteroatoms. The Morgan fingerprint density at radius 2 is 1.62 bits per heavy atom. The minimum atomic E-state index is -0.574. The highest BCUT2D eigenvalue weighted by atomic mass is 35.5. The van der Waals surface area contributed by atoms with Gasteiger partial charge in [0.25, 0.3) is 11.6 Å². The van der Waals surface area contributed by atoms with Crippen molar-refractivity contribution in [2.45, 2.75) is 6.61 Å². The van der Waals surface area contributed by atoms with Gasteiger partial charge in [0.15, 0.2) is 5.76 Å². The first-order valence-electron chi connectivity index (χ1n) is 11.2. The van der Waals surface area contributed by atoms with Crippen molar-refractivity contribution in [2.24, 2.45) is 0 Å². The lowest BCUT2D eigenvalue weighted by Gasteiger charge is -2.09. The Hall–Kier alpha value is -4.82. The Labute approximate surface area is 216 Å². The van der Waals surface area contributed by atoms with Crippen LogP contribution in [0, 0.1) is 10.1 Å². The van der Waals surface area contributed by atoms with Crippen LogP contribution in [0.2, 0.25) is 5.02 Å². The SMILES string of the molecule is O=C(Nc1cc(Oc2ccc(Cl)cc2)cc([N+](=O)[O-])c1)c1ccc(COc2ccc3ccccc3c2)o1. The predicted octanol–water partition coefficient (Wildman–Crippen LogP) is 7.62. The Balaban J connectivity index is 1.27. The molecular formula is C28H19ClN2O6. The van der Waals surface area contributed by atoms with E-state index in [4.69, 9.17) is 25.5 Å². The number of benzene rings is 4. The number of hydrogen-bond acceptors (Lipinski definition) is 6. The maximum Gasteiger partial charge on any atom is 0.291 e. The van der Waals surface area contributed by atoms with Crippen molar-refractivity contribution in [1.82, 2.24) is 0 Å². The van der Waals surface area contributed by atoms with E-state index < -0.39 is 10.8 Å². The lowest BCUT2D eigenvalue weighted by molar-refractivity contribution is -0.384. The molecule has 0 atom stereocenters. The van der Waals surface area contributed by atoms with Gasteiger partial charge in [0.1, 0.15) is 29.6 Å². The maximum absolute atomic E-state index is 12.8. The number of carbonyl (C=O) groups is 1. The number of fused-ring (bicyclic) bond motifs is 1. The number of furan rings is 1. The van der Waals surface area contributed by atoms with E-state index in [1.54, 1.807) is 30.3 Å². The van der Waals surface area contributed by atoms with Crippen LogP contribution in [0.4, 0.5) is 11.4 Å². The monoisotopic (exact) mass is 514 g/mol. The van der Waals surface area contributed by atoms with E-state index in [0.29, 0.717) is 22.3 Å². The van der Waals surface area contributed by atoms with Crippen molar-refractivity contribution in [3.05, 3.63) is 124 Å². The molecule has 184 valence electrons. The summed E-state index contributed by atoms with van der Waals surface area (Å²) in [5.74, 6) is 1.19. The van der Waals surface area contributed by atoms with E-state index in [1.165, 1.54) is 24.3 Å². The number of non-ortho nitro benzene ring substituents is 1. The van der Waals surface area contributed by atoms with Gasteiger partial charge in [-0.25, -0.2) is 0 Å². The number of rotatable bonds is 8. The summed E-state index contributed by atoms with van der Waals surface area (Å²) in [6, 6.07) is 27.4. The first kappa shape index (κ1) is 23.9. The third-order valence-electron chi connectivity index (χ3n) is 5.40. The van der Waals surface area contributed by atoms with Crippen molar-refractivity contribution in [3.63, 3.8) is 0 Å². The molecule has 1 amide bonds. The molecule has 0 aliphatic carbocycles. The molecule has 0 bridgehead atoms. The van der Waals surface area contributed by atoms with Gasteiger partial charge in [-0.3, -0.25) is 14.9 Å². The molecule has 0 fully saturated rings. The Kier molecular flexibility index (Phi) is 6.74. The van der Waals surface area contributed by atoms with Crippen LogP contribution in [0.15, 0.2) is 101 Å². The minimum Gasteiger partial charge on any atom is -0.486 e. The highest BCUT2D eigenvalue weighted by molar-refractivity contribution is 6.30. The highest BCUT2D eigenvalue weighted by Gasteiger charge is 2.16. The number of amides is 1. The second-order valence-corrected chi connectivity index (χ2v) is 8.48. The predicted molar refractivity (Wildman–Crippen MR) is 140 cm³/mol. The standard InChI is InChI=1S/C28H19ClN2O6/c29-20-6-9-23(10-7-20)36-26-15-21(14-22(16-26)31(33)34)30-28(32)27-12-11-25(37-27)17-35-24-8-5-18-3-1-2-4-19(18)13-24/h1-16H,17H2,(H,30,32). The highest BCUT2D eigenvalue weighted by Crippen LogP contribution is 2.31. The number of nitrogens with zero attached hydrogens (tertiary/aromatic N) is 1. The molecular weight excluding hydrogens is 496 g/mol. The van der Waals surface area contributed by atoms with Crippen LogP contribution in [0.3, 0.4) is 0 Å². The second-order valence-electron chi connectivity index (χ2n) is 8.05. The molecule has 0 spiro atoms. The van der Waals surface area contributed by atoms with Gasteiger partial charge in [-0.1, -0.05) is 41.9 Å². The average Bonchev–Trinajstić information content (AvgIpc) is 3.38. The molecule has 0 aliphatic heterocycles. The fourth-order valence-corrected chi connectivity index (χ4v) is 3.77. The topological polar surface area (TPSA) is 104 Å². The van der Waals surface area contributed by atoms with Crippen LogP contribution >= 0.6 is 11.6 Å². The number of hydrogen-bond donors (Lipinski definition) is 1. The van der Waals surface area contributed by atoms with E-state index in [0.717, 1.165) is 10.8 Å². The summed E-state index contributed by atoms with van der Waals surface area (Å²) in [7, 11) is 0. The van der Waals surface area contributed by atoms with Gasteiger partial charge in [0, 0.05) is 17.2 Å². The number of nitrogens with one attached hydrogen (secondary N) is 1. The average molecular weight is 515 g/mol. The number of nitro groups is 1. The molecule has 0 saturated heterocycles. The Bertz CT molecular complexity index is 1600. The molecule has 0 aliphatic rings. The molecule has 37 heavy (non-hydrogen) atoms. The molecule has 1 heterocycles. The van der Waals surface area contributed by atoms with Crippen molar-refractivity contribution >= 4 is 39.7 Å². The number of nitro benzene ring substituents is 1.